The van der Waals surface area contributed by atoms with E-state index in [2.05, 4.69) is 39.3 Å². The number of nitrogen functional groups attached to an aromatic ring is 1. The number of aryl methyl sites for hydroxylation is 1. The number of rotatable bonds is 5. The number of hydrogen-bond donors (Lipinski definition) is 3. The number of carbonyl (C=O) groups is 1. The van der Waals surface area contributed by atoms with Gasteiger partial charge in [0.25, 0.3) is 6.47 Å². The van der Waals surface area contributed by atoms with Gasteiger partial charge in [-0.25, -0.2) is 0 Å². The van der Waals surface area contributed by atoms with Crippen LogP contribution in [-0.4, -0.2) is 38.3 Å². The fourth-order valence-corrected chi connectivity index (χ4v) is 3.31. The van der Waals surface area contributed by atoms with Crippen LogP contribution in [0.5, 0.6) is 0 Å². The predicted octanol–water partition coefficient (Wildman–Crippen LogP) is 4.21. The molecule has 3 rings (SSSR count). The van der Waals surface area contributed by atoms with E-state index >= 15 is 0 Å². The zero-order valence-electron chi connectivity index (χ0n) is 18.3. The van der Waals surface area contributed by atoms with Gasteiger partial charge in [-0.1, -0.05) is 35.9 Å². The van der Waals surface area contributed by atoms with Crippen LogP contribution in [0.2, 0.25) is 5.02 Å². The van der Waals surface area contributed by atoms with Gasteiger partial charge in [0.2, 0.25) is 0 Å². The van der Waals surface area contributed by atoms with Crippen LogP contribution in [0.1, 0.15) is 31.9 Å². The van der Waals surface area contributed by atoms with Crippen molar-refractivity contribution in [1.29, 1.82) is 0 Å². The summed E-state index contributed by atoms with van der Waals surface area (Å²) in [6.07, 6.45) is 0. The van der Waals surface area contributed by atoms with E-state index in [1.165, 1.54) is 0 Å². The SMILES string of the molecule is CC(C)(C)OC=O.Cc1ccc(N2CCNCC2)c(N)c1NCc1ccccc1Cl. The highest BCUT2D eigenvalue weighted by Crippen LogP contribution is 2.34. The first-order valence-electron chi connectivity index (χ1n) is 10.2. The van der Waals surface area contributed by atoms with Crippen LogP contribution < -0.4 is 21.3 Å². The molecule has 1 heterocycles. The third-order valence-electron chi connectivity index (χ3n) is 4.70. The minimum atomic E-state index is -0.318. The van der Waals surface area contributed by atoms with Crippen LogP contribution in [0.3, 0.4) is 0 Å². The third-order valence-corrected chi connectivity index (χ3v) is 5.07. The van der Waals surface area contributed by atoms with Gasteiger partial charge in [0.05, 0.1) is 17.1 Å². The van der Waals surface area contributed by atoms with Crippen molar-refractivity contribution in [2.75, 3.05) is 42.1 Å². The molecule has 1 aliphatic rings. The van der Waals surface area contributed by atoms with Crippen LogP contribution in [0.4, 0.5) is 17.1 Å². The van der Waals surface area contributed by atoms with Crippen molar-refractivity contribution >= 4 is 35.1 Å². The summed E-state index contributed by atoms with van der Waals surface area (Å²) in [7, 11) is 0. The maximum atomic E-state index is 9.60. The minimum Gasteiger partial charge on any atom is -0.462 e. The van der Waals surface area contributed by atoms with Crippen molar-refractivity contribution in [3.63, 3.8) is 0 Å². The first-order chi connectivity index (χ1) is 14.2. The molecule has 0 aliphatic carbocycles. The van der Waals surface area contributed by atoms with Gasteiger partial charge in [-0.2, -0.15) is 0 Å². The maximum absolute atomic E-state index is 9.60. The number of nitrogens with zero attached hydrogens (tertiary/aromatic N) is 1. The molecule has 2 aromatic carbocycles. The Morgan fingerprint density at radius 1 is 1.20 bits per heavy atom. The Balaban J connectivity index is 0.000000396. The predicted molar refractivity (Wildman–Crippen MR) is 126 cm³/mol. The minimum absolute atomic E-state index is 0.318. The summed E-state index contributed by atoms with van der Waals surface area (Å²) in [5.41, 5.74) is 11.3. The summed E-state index contributed by atoms with van der Waals surface area (Å²) >= 11 is 6.24. The highest BCUT2D eigenvalue weighted by molar-refractivity contribution is 6.31. The van der Waals surface area contributed by atoms with Crippen molar-refractivity contribution in [3.05, 3.63) is 52.5 Å². The van der Waals surface area contributed by atoms with Crippen LogP contribution in [0.25, 0.3) is 0 Å². The van der Waals surface area contributed by atoms with E-state index in [1.54, 1.807) is 0 Å². The number of hydrogen-bond acceptors (Lipinski definition) is 6. The Kier molecular flexibility index (Phi) is 8.81. The molecule has 0 saturated carbocycles. The average molecular weight is 433 g/mol. The number of nitrogens with one attached hydrogen (secondary N) is 2. The second kappa shape index (κ2) is 11.1. The molecule has 0 unspecified atom stereocenters. The van der Waals surface area contributed by atoms with Gasteiger partial charge in [0.15, 0.2) is 0 Å². The van der Waals surface area contributed by atoms with Crippen molar-refractivity contribution < 1.29 is 9.53 Å². The zero-order valence-corrected chi connectivity index (χ0v) is 19.1. The molecule has 0 radical (unpaired) electrons. The van der Waals surface area contributed by atoms with E-state index in [1.807, 2.05) is 45.0 Å². The molecule has 0 amide bonds. The van der Waals surface area contributed by atoms with E-state index in [9.17, 15) is 4.79 Å². The van der Waals surface area contributed by atoms with Gasteiger partial charge in [0, 0.05) is 37.7 Å². The Bertz CT molecular complexity index is 830. The number of anilines is 3. The molecule has 0 aromatic heterocycles. The van der Waals surface area contributed by atoms with Gasteiger partial charge >= 0.3 is 0 Å². The maximum Gasteiger partial charge on any atom is 0.293 e. The molecule has 0 bridgehead atoms. The Hall–Kier alpha value is -2.44. The van der Waals surface area contributed by atoms with E-state index in [-0.39, 0.29) is 5.60 Å². The summed E-state index contributed by atoms with van der Waals surface area (Å²) in [5, 5.41) is 7.61. The number of piperazine rings is 1. The normalized spacial score (nSPS) is 13.8. The number of halogens is 1. The molecule has 6 nitrogen and oxygen atoms in total. The monoisotopic (exact) mass is 432 g/mol. The smallest absolute Gasteiger partial charge is 0.293 e. The fraction of sp³-hybridized carbons (Fsp3) is 0.435. The highest BCUT2D eigenvalue weighted by Gasteiger charge is 2.16. The topological polar surface area (TPSA) is 79.6 Å². The molecule has 7 heteroatoms. The molecule has 0 atom stereocenters. The Morgan fingerprint density at radius 2 is 1.87 bits per heavy atom. The lowest BCUT2D eigenvalue weighted by molar-refractivity contribution is -0.138. The lowest BCUT2D eigenvalue weighted by Gasteiger charge is -2.31. The number of ether oxygens (including phenoxy) is 1. The van der Waals surface area contributed by atoms with Crippen molar-refractivity contribution in [2.45, 2.75) is 39.8 Å². The van der Waals surface area contributed by atoms with E-state index in [4.69, 9.17) is 17.3 Å². The van der Waals surface area contributed by atoms with E-state index in [0.717, 1.165) is 59.4 Å². The number of carbonyl (C=O) groups excluding carboxylic acids is 1. The molecule has 4 N–H and O–H groups in total. The molecule has 1 aliphatic heterocycles. The zero-order chi connectivity index (χ0) is 22.1. The molecule has 1 fully saturated rings. The van der Waals surface area contributed by atoms with Gasteiger partial charge < -0.3 is 26.0 Å². The summed E-state index contributed by atoms with van der Waals surface area (Å²) < 4.78 is 4.55. The van der Waals surface area contributed by atoms with Crippen molar-refractivity contribution in [1.82, 2.24) is 5.32 Å². The van der Waals surface area contributed by atoms with Crippen LogP contribution in [0.15, 0.2) is 36.4 Å². The van der Waals surface area contributed by atoms with Crippen LogP contribution >= 0.6 is 11.6 Å². The second-order valence-electron chi connectivity index (χ2n) is 8.20. The van der Waals surface area contributed by atoms with Crippen molar-refractivity contribution in [2.24, 2.45) is 0 Å². The lowest BCUT2D eigenvalue weighted by Crippen LogP contribution is -2.43. The fourth-order valence-electron chi connectivity index (χ4n) is 3.10. The summed E-state index contributed by atoms with van der Waals surface area (Å²) in [6, 6.07) is 12.1. The largest absolute Gasteiger partial charge is 0.462 e. The van der Waals surface area contributed by atoms with Gasteiger partial charge in [-0.15, -0.1) is 0 Å². The second-order valence-corrected chi connectivity index (χ2v) is 8.61. The summed E-state index contributed by atoms with van der Waals surface area (Å²) in [5.74, 6) is 0. The lowest BCUT2D eigenvalue weighted by atomic mass is 10.1. The molecule has 164 valence electrons. The highest BCUT2D eigenvalue weighted by atomic mass is 35.5. The van der Waals surface area contributed by atoms with Gasteiger partial charge in [0.1, 0.15) is 5.60 Å². The summed E-state index contributed by atoms with van der Waals surface area (Å²) in [4.78, 5) is 11.9. The standard InChI is InChI=1S/C18H23ClN4.C5H10O2/c1-13-6-7-16(23-10-8-21-9-11-23)17(20)18(13)22-12-14-4-2-3-5-15(14)19;1-5(2,3)7-4-6/h2-7,21-22H,8-12,20H2,1H3;4H,1-3H3. The quantitative estimate of drug-likeness (QED) is 0.485. The third kappa shape index (κ3) is 7.11. The van der Waals surface area contributed by atoms with Crippen molar-refractivity contribution in [3.8, 4) is 0 Å². The number of benzene rings is 2. The summed E-state index contributed by atoms with van der Waals surface area (Å²) in [6.45, 7) is 12.6. The molecule has 2 aromatic rings. The van der Waals surface area contributed by atoms with E-state index < -0.39 is 0 Å². The Morgan fingerprint density at radius 3 is 2.43 bits per heavy atom. The molecular weight excluding hydrogens is 400 g/mol. The van der Waals surface area contributed by atoms with Gasteiger partial charge in [-0.3, -0.25) is 4.79 Å². The average Bonchev–Trinajstić information content (AvgIpc) is 2.69. The molecule has 30 heavy (non-hydrogen) atoms. The van der Waals surface area contributed by atoms with Crippen LogP contribution in [-0.2, 0) is 16.1 Å². The van der Waals surface area contributed by atoms with E-state index in [0.29, 0.717) is 13.0 Å². The number of nitrogens with two attached hydrogens (primary N) is 1. The molecular formula is C23H33ClN4O2. The first kappa shape index (κ1) is 23.8. The van der Waals surface area contributed by atoms with Crippen LogP contribution in [0, 0.1) is 6.92 Å². The molecule has 0 spiro atoms. The van der Waals surface area contributed by atoms with Gasteiger partial charge in [-0.05, 0) is 51.0 Å². The Labute approximate surface area is 184 Å². The molecule has 1 saturated heterocycles. The first-order valence-corrected chi connectivity index (χ1v) is 10.5.